The average Bonchev–Trinajstić information content (AvgIpc) is 2.06. The highest BCUT2D eigenvalue weighted by Gasteiger charge is 1.86. The monoisotopic (exact) mass is 167 g/mol. The minimum Gasteiger partial charge on any atom is -0.392 e. The lowest BCUT2D eigenvalue weighted by molar-refractivity contribution is 0.282. The zero-order valence-electron chi connectivity index (χ0n) is 7.96. The van der Waals surface area contributed by atoms with E-state index in [0.717, 1.165) is 5.56 Å². The molecule has 0 aromatic heterocycles. The molecule has 0 spiro atoms. The highest BCUT2D eigenvalue weighted by molar-refractivity contribution is 5.21. The van der Waals surface area contributed by atoms with Crippen molar-refractivity contribution in [1.82, 2.24) is 5.32 Å². The highest BCUT2D eigenvalue weighted by Crippen LogP contribution is 2.02. The van der Waals surface area contributed by atoms with Crippen molar-refractivity contribution in [3.63, 3.8) is 0 Å². The Labute approximate surface area is 74.2 Å². The topological polar surface area (TPSA) is 32.3 Å². The zero-order valence-corrected chi connectivity index (χ0v) is 7.96. The van der Waals surface area contributed by atoms with Crippen LogP contribution in [0.5, 0.6) is 0 Å². The first-order valence-electron chi connectivity index (χ1n) is 3.99. The summed E-state index contributed by atoms with van der Waals surface area (Å²) in [5.74, 6) is 0. The van der Waals surface area contributed by atoms with Crippen LogP contribution in [0, 0.1) is 6.92 Å². The molecular formula is C10H17NO. The van der Waals surface area contributed by atoms with E-state index in [1.807, 2.05) is 45.3 Å². The molecule has 0 saturated carbocycles. The smallest absolute Gasteiger partial charge is 0.0681 e. The van der Waals surface area contributed by atoms with Gasteiger partial charge in [-0.25, -0.2) is 0 Å². The van der Waals surface area contributed by atoms with Gasteiger partial charge in [-0.2, -0.15) is 0 Å². The van der Waals surface area contributed by atoms with Gasteiger partial charge < -0.3 is 10.4 Å². The van der Waals surface area contributed by atoms with Crippen LogP contribution in [0.15, 0.2) is 24.3 Å². The summed E-state index contributed by atoms with van der Waals surface area (Å²) in [6, 6.07) is 7.84. The van der Waals surface area contributed by atoms with Crippen LogP contribution in [-0.2, 0) is 6.61 Å². The second kappa shape index (κ2) is 6.83. The van der Waals surface area contributed by atoms with Gasteiger partial charge in [0.2, 0.25) is 0 Å². The van der Waals surface area contributed by atoms with Gasteiger partial charge in [-0.15, -0.1) is 0 Å². The standard InChI is InChI=1S/C8H10O.C2H7N/c1-7-3-2-4-8(5-7)6-9;1-3-2/h2-5,9H,6H2,1H3;3H,1-2H3. The SMILES string of the molecule is CNC.Cc1cccc(CO)c1. The molecule has 0 atom stereocenters. The molecule has 0 aliphatic carbocycles. The van der Waals surface area contributed by atoms with E-state index in [9.17, 15) is 0 Å². The van der Waals surface area contributed by atoms with Gasteiger partial charge in [0.15, 0.2) is 0 Å². The third-order valence-electron chi connectivity index (χ3n) is 1.27. The summed E-state index contributed by atoms with van der Waals surface area (Å²) in [4.78, 5) is 0. The molecule has 2 N–H and O–H groups in total. The van der Waals surface area contributed by atoms with Crippen molar-refractivity contribution < 1.29 is 5.11 Å². The first-order valence-corrected chi connectivity index (χ1v) is 3.99. The molecule has 0 aliphatic heterocycles. The van der Waals surface area contributed by atoms with Gasteiger partial charge in [-0.1, -0.05) is 29.8 Å². The normalized spacial score (nSPS) is 8.67. The number of hydrogen-bond donors (Lipinski definition) is 2. The molecule has 1 aromatic rings. The summed E-state index contributed by atoms with van der Waals surface area (Å²) in [5, 5.41) is 11.4. The maximum Gasteiger partial charge on any atom is 0.0681 e. The molecule has 1 rings (SSSR count). The Morgan fingerprint density at radius 3 is 2.25 bits per heavy atom. The van der Waals surface area contributed by atoms with E-state index in [4.69, 9.17) is 5.11 Å². The zero-order chi connectivity index (χ0) is 9.40. The van der Waals surface area contributed by atoms with Crippen LogP contribution in [0.1, 0.15) is 11.1 Å². The van der Waals surface area contributed by atoms with E-state index in [1.165, 1.54) is 5.56 Å². The Hall–Kier alpha value is -0.860. The van der Waals surface area contributed by atoms with Crippen LogP contribution in [0.4, 0.5) is 0 Å². The number of aliphatic hydroxyl groups excluding tert-OH is 1. The summed E-state index contributed by atoms with van der Waals surface area (Å²) in [6.07, 6.45) is 0. The summed E-state index contributed by atoms with van der Waals surface area (Å²) < 4.78 is 0. The first kappa shape index (κ1) is 11.1. The van der Waals surface area contributed by atoms with Gasteiger partial charge in [0.1, 0.15) is 0 Å². The molecule has 2 nitrogen and oxygen atoms in total. The molecular weight excluding hydrogens is 150 g/mol. The molecule has 0 bridgehead atoms. The first-order chi connectivity index (χ1) is 5.74. The predicted octanol–water partition coefficient (Wildman–Crippen LogP) is 1.32. The lowest BCUT2D eigenvalue weighted by atomic mass is 10.1. The minimum absolute atomic E-state index is 0.141. The number of aryl methyl sites for hydroxylation is 1. The van der Waals surface area contributed by atoms with E-state index in [-0.39, 0.29) is 6.61 Å². The van der Waals surface area contributed by atoms with Crippen LogP contribution in [0.25, 0.3) is 0 Å². The average molecular weight is 167 g/mol. The van der Waals surface area contributed by atoms with E-state index < -0.39 is 0 Å². The van der Waals surface area contributed by atoms with Gasteiger partial charge in [0.05, 0.1) is 6.61 Å². The van der Waals surface area contributed by atoms with Crippen LogP contribution in [0.3, 0.4) is 0 Å². The van der Waals surface area contributed by atoms with Crippen molar-refractivity contribution in [2.45, 2.75) is 13.5 Å². The number of aliphatic hydroxyl groups is 1. The van der Waals surface area contributed by atoms with Crippen LogP contribution >= 0.6 is 0 Å². The lowest BCUT2D eigenvalue weighted by Gasteiger charge is -1.94. The molecule has 0 heterocycles. The molecule has 68 valence electrons. The van der Waals surface area contributed by atoms with Gasteiger partial charge in [0, 0.05) is 0 Å². The Kier molecular flexibility index (Phi) is 6.34. The number of nitrogens with one attached hydrogen (secondary N) is 1. The largest absolute Gasteiger partial charge is 0.392 e. The predicted molar refractivity (Wildman–Crippen MR) is 52.1 cm³/mol. The van der Waals surface area contributed by atoms with Gasteiger partial charge >= 0.3 is 0 Å². The van der Waals surface area contributed by atoms with Crippen molar-refractivity contribution in [2.24, 2.45) is 0 Å². The minimum atomic E-state index is 0.141. The summed E-state index contributed by atoms with van der Waals surface area (Å²) in [7, 11) is 3.75. The second-order valence-corrected chi connectivity index (χ2v) is 2.65. The molecule has 2 heteroatoms. The lowest BCUT2D eigenvalue weighted by Crippen LogP contribution is -1.89. The molecule has 0 radical (unpaired) electrons. The van der Waals surface area contributed by atoms with E-state index in [0.29, 0.717) is 0 Å². The quantitative estimate of drug-likeness (QED) is 0.661. The summed E-state index contributed by atoms with van der Waals surface area (Å²) in [5.41, 5.74) is 2.18. The van der Waals surface area contributed by atoms with E-state index in [1.54, 1.807) is 0 Å². The van der Waals surface area contributed by atoms with Crippen molar-refractivity contribution in [3.05, 3.63) is 35.4 Å². The Morgan fingerprint density at radius 2 is 1.92 bits per heavy atom. The van der Waals surface area contributed by atoms with Gasteiger partial charge in [-0.3, -0.25) is 0 Å². The van der Waals surface area contributed by atoms with Crippen LogP contribution in [-0.4, -0.2) is 19.2 Å². The third-order valence-corrected chi connectivity index (χ3v) is 1.27. The fourth-order valence-corrected chi connectivity index (χ4v) is 0.810. The molecule has 0 fully saturated rings. The van der Waals surface area contributed by atoms with Crippen molar-refractivity contribution in [1.29, 1.82) is 0 Å². The second-order valence-electron chi connectivity index (χ2n) is 2.65. The third kappa shape index (κ3) is 4.88. The Balaban J connectivity index is 0.000000354. The fraction of sp³-hybridized carbons (Fsp3) is 0.400. The molecule has 1 aromatic carbocycles. The number of benzene rings is 1. The Bertz CT molecular complexity index is 211. The number of hydrogen-bond acceptors (Lipinski definition) is 2. The van der Waals surface area contributed by atoms with Crippen molar-refractivity contribution in [3.8, 4) is 0 Å². The molecule has 0 unspecified atom stereocenters. The molecule has 0 aliphatic rings. The highest BCUT2D eigenvalue weighted by atomic mass is 16.3. The van der Waals surface area contributed by atoms with Gasteiger partial charge in [-0.05, 0) is 26.6 Å². The molecule has 0 saturated heterocycles. The van der Waals surface area contributed by atoms with Gasteiger partial charge in [0.25, 0.3) is 0 Å². The van der Waals surface area contributed by atoms with Crippen LogP contribution in [0.2, 0.25) is 0 Å². The maximum atomic E-state index is 8.66. The maximum absolute atomic E-state index is 8.66. The summed E-state index contributed by atoms with van der Waals surface area (Å²) >= 11 is 0. The van der Waals surface area contributed by atoms with Crippen molar-refractivity contribution in [2.75, 3.05) is 14.1 Å². The van der Waals surface area contributed by atoms with Crippen molar-refractivity contribution >= 4 is 0 Å². The summed E-state index contributed by atoms with van der Waals surface area (Å²) in [6.45, 7) is 2.15. The fourth-order valence-electron chi connectivity index (χ4n) is 0.810. The van der Waals surface area contributed by atoms with E-state index >= 15 is 0 Å². The molecule has 12 heavy (non-hydrogen) atoms. The molecule has 0 amide bonds. The van der Waals surface area contributed by atoms with E-state index in [2.05, 4.69) is 5.32 Å². The Morgan fingerprint density at radius 1 is 1.33 bits per heavy atom. The van der Waals surface area contributed by atoms with Crippen LogP contribution < -0.4 is 5.32 Å². The number of rotatable bonds is 1.